The molecule has 1 saturated carbocycles. The second kappa shape index (κ2) is 15.2. The summed E-state index contributed by atoms with van der Waals surface area (Å²) in [6.07, 6.45) is 4.90. The molecule has 2 aromatic rings. The molecule has 0 radical (unpaired) electrons. The minimum absolute atomic E-state index is 0.00152. The van der Waals surface area contributed by atoms with Gasteiger partial charge in [0.25, 0.3) is 10.9 Å². The number of nitro benzene ring substituents is 1. The number of carbonyl (C=O) groups is 2. The lowest BCUT2D eigenvalue weighted by atomic mass is 9.88. The van der Waals surface area contributed by atoms with E-state index in [1.165, 1.54) is 17.7 Å². The van der Waals surface area contributed by atoms with Crippen molar-refractivity contribution in [2.45, 2.75) is 50.3 Å². The van der Waals surface area contributed by atoms with Gasteiger partial charge < -0.3 is 19.4 Å². The molecule has 1 aliphatic heterocycles. The van der Waals surface area contributed by atoms with Gasteiger partial charge in [0.05, 0.1) is 4.92 Å². The van der Waals surface area contributed by atoms with Crippen molar-refractivity contribution in [3.05, 3.63) is 88.5 Å². The average molecular weight is 596 g/mol. The molecule has 2 aromatic carbocycles. The van der Waals surface area contributed by atoms with Crippen LogP contribution in [0.1, 0.15) is 42.7 Å². The number of hydrogen-bond acceptors (Lipinski definition) is 8. The van der Waals surface area contributed by atoms with E-state index in [2.05, 4.69) is 40.5 Å². The third-order valence-electron chi connectivity index (χ3n) is 8.48. The number of carbonyl (C=O) groups excluding carboxylic acids is 2. The van der Waals surface area contributed by atoms with Crippen LogP contribution in [0.5, 0.6) is 0 Å². The maximum atomic E-state index is 13.0. The van der Waals surface area contributed by atoms with E-state index >= 15 is 0 Å². The van der Waals surface area contributed by atoms with E-state index in [9.17, 15) is 19.7 Å². The summed E-state index contributed by atoms with van der Waals surface area (Å²) in [4.78, 5) is 42.2. The highest BCUT2D eigenvalue weighted by Gasteiger charge is 2.40. The number of benzene rings is 2. The molecule has 0 spiro atoms. The van der Waals surface area contributed by atoms with Gasteiger partial charge in [0.1, 0.15) is 6.61 Å². The van der Waals surface area contributed by atoms with Crippen molar-refractivity contribution < 1.29 is 19.2 Å². The van der Waals surface area contributed by atoms with E-state index in [0.29, 0.717) is 23.9 Å². The summed E-state index contributed by atoms with van der Waals surface area (Å²) < 4.78 is 8.48. The molecule has 42 heavy (non-hydrogen) atoms. The maximum Gasteiger partial charge on any atom is 0.410 e. The number of likely N-dealkylation sites (tertiary alicyclic amines) is 1. The molecule has 1 aliphatic carbocycles. The predicted molar refractivity (Wildman–Crippen MR) is 165 cm³/mol. The van der Waals surface area contributed by atoms with E-state index in [1.807, 2.05) is 18.0 Å². The first-order valence-electron chi connectivity index (χ1n) is 14.5. The van der Waals surface area contributed by atoms with E-state index in [-0.39, 0.29) is 29.6 Å². The Morgan fingerprint density at radius 1 is 1.12 bits per heavy atom. The number of nitrogens with zero attached hydrogens (tertiary/aromatic N) is 4. The molecule has 2 amide bonds. The summed E-state index contributed by atoms with van der Waals surface area (Å²) >= 11 is 1.13. The number of non-ortho nitro benzene ring substituents is 1. The second-order valence-corrected chi connectivity index (χ2v) is 12.0. The highest BCUT2D eigenvalue weighted by molar-refractivity contribution is 8.11. The van der Waals surface area contributed by atoms with Gasteiger partial charge in [-0.1, -0.05) is 36.4 Å². The van der Waals surface area contributed by atoms with Crippen LogP contribution in [0.2, 0.25) is 0 Å². The quantitative estimate of drug-likeness (QED) is 0.153. The Hall–Kier alpha value is -3.41. The van der Waals surface area contributed by atoms with Gasteiger partial charge in [-0.25, -0.2) is 4.79 Å². The smallest absolute Gasteiger partial charge is 0.410 e. The molecule has 1 saturated heterocycles. The van der Waals surface area contributed by atoms with Crippen LogP contribution in [0, 0.1) is 16.0 Å². The molecule has 4 rings (SSSR count). The predicted octanol–water partition coefficient (Wildman–Crippen LogP) is 5.67. The van der Waals surface area contributed by atoms with Gasteiger partial charge in [-0.15, -0.1) is 6.58 Å². The summed E-state index contributed by atoms with van der Waals surface area (Å²) in [5.74, 6) is 0.815. The fraction of sp³-hybridized carbons (Fsp3) is 0.484. The summed E-state index contributed by atoms with van der Waals surface area (Å²) in [6, 6.07) is 16.9. The van der Waals surface area contributed by atoms with E-state index in [1.54, 1.807) is 30.2 Å². The summed E-state index contributed by atoms with van der Waals surface area (Å²) in [5, 5.41) is 10.9. The van der Waals surface area contributed by atoms with Gasteiger partial charge in [-0.2, -0.15) is 0 Å². The van der Waals surface area contributed by atoms with E-state index < -0.39 is 11.0 Å². The van der Waals surface area contributed by atoms with E-state index in [4.69, 9.17) is 4.74 Å². The number of ether oxygens (including phenoxy) is 1. The summed E-state index contributed by atoms with van der Waals surface area (Å²) in [7, 11) is 3.67. The normalized spacial score (nSPS) is 21.0. The molecule has 2 aliphatic rings. The number of nitro groups is 1. The first-order chi connectivity index (χ1) is 20.3. The third kappa shape index (κ3) is 8.11. The molecule has 1 heterocycles. The van der Waals surface area contributed by atoms with E-state index in [0.717, 1.165) is 57.3 Å². The second-order valence-electron chi connectivity index (χ2n) is 11.0. The zero-order valence-corrected chi connectivity index (χ0v) is 25.2. The van der Waals surface area contributed by atoms with Crippen LogP contribution in [0.4, 0.5) is 15.3 Å². The van der Waals surface area contributed by atoms with Crippen molar-refractivity contribution in [3.63, 3.8) is 0 Å². The molecule has 1 N–H and O–H groups in total. The van der Waals surface area contributed by atoms with Gasteiger partial charge in [-0.3, -0.25) is 19.6 Å². The molecule has 10 nitrogen and oxygen atoms in total. The van der Waals surface area contributed by atoms with Crippen molar-refractivity contribution in [1.29, 1.82) is 0 Å². The molecule has 2 fully saturated rings. The topological polar surface area (TPSA) is 108 Å². The van der Waals surface area contributed by atoms with Crippen molar-refractivity contribution in [1.82, 2.24) is 19.4 Å². The highest BCUT2D eigenvalue weighted by atomic mass is 32.2. The molecule has 11 heteroatoms. The van der Waals surface area contributed by atoms with Gasteiger partial charge >= 0.3 is 6.09 Å². The molecule has 0 bridgehead atoms. The Labute approximate surface area is 252 Å². The van der Waals surface area contributed by atoms with Crippen LogP contribution in [0.25, 0.3) is 0 Å². The Morgan fingerprint density at radius 2 is 1.81 bits per heavy atom. The van der Waals surface area contributed by atoms with Crippen molar-refractivity contribution in [2.24, 2.45) is 5.92 Å². The fourth-order valence-corrected chi connectivity index (χ4v) is 6.70. The largest absolute Gasteiger partial charge is 0.445 e. The van der Waals surface area contributed by atoms with Crippen LogP contribution in [0.3, 0.4) is 0 Å². The zero-order valence-electron chi connectivity index (χ0n) is 24.4. The Bertz CT molecular complexity index is 1210. The lowest BCUT2D eigenvalue weighted by Gasteiger charge is -2.39. The zero-order chi connectivity index (χ0) is 30.1. The van der Waals surface area contributed by atoms with Gasteiger partial charge in [-0.05, 0) is 67.8 Å². The average Bonchev–Trinajstić information content (AvgIpc) is 3.43. The van der Waals surface area contributed by atoms with Crippen LogP contribution in [0.15, 0.2) is 67.3 Å². The molecule has 3 atom stereocenters. The minimum atomic E-state index is -0.454. The maximum absolute atomic E-state index is 13.0. The van der Waals surface area contributed by atoms with Crippen LogP contribution in [-0.4, -0.2) is 83.3 Å². The highest BCUT2D eigenvalue weighted by Crippen LogP contribution is 2.42. The SMILES string of the molecule is C=CCN(C(=O)OCc1ccc([N+](=O)[O-])cc1)C1CCN(CC2CC(N(C)C(=O)SNC)CC2c2ccccc2)CC1. The first kappa shape index (κ1) is 31.5. The van der Waals surface area contributed by atoms with Crippen molar-refractivity contribution in [3.8, 4) is 0 Å². The molecule has 3 unspecified atom stereocenters. The van der Waals surface area contributed by atoms with Gasteiger partial charge in [0.2, 0.25) is 0 Å². The number of nitrogens with one attached hydrogen (secondary N) is 1. The van der Waals surface area contributed by atoms with Crippen LogP contribution >= 0.6 is 11.9 Å². The Morgan fingerprint density at radius 3 is 2.43 bits per heavy atom. The number of amides is 2. The Kier molecular flexibility index (Phi) is 11.4. The monoisotopic (exact) mass is 595 g/mol. The molecular weight excluding hydrogens is 554 g/mol. The van der Waals surface area contributed by atoms with Crippen LogP contribution < -0.4 is 4.72 Å². The molecule has 226 valence electrons. The van der Waals surface area contributed by atoms with Crippen molar-refractivity contribution in [2.75, 3.05) is 40.3 Å². The number of hydrogen-bond donors (Lipinski definition) is 1. The first-order valence-corrected chi connectivity index (χ1v) is 15.3. The summed E-state index contributed by atoms with van der Waals surface area (Å²) in [5.41, 5.74) is 2.03. The minimum Gasteiger partial charge on any atom is -0.445 e. The molecule has 0 aromatic heterocycles. The fourth-order valence-electron chi connectivity index (χ4n) is 6.23. The van der Waals surface area contributed by atoms with Crippen molar-refractivity contribution >= 4 is 29.0 Å². The lowest BCUT2D eigenvalue weighted by Crippen LogP contribution is -2.48. The van der Waals surface area contributed by atoms with Gasteiger partial charge in [0.15, 0.2) is 0 Å². The van der Waals surface area contributed by atoms with Gasteiger partial charge in [0, 0.05) is 69.4 Å². The standard InChI is InChI=1S/C31H41N5O5S/c1-4-16-35(30(37)41-22-23-10-12-27(13-11-23)36(39)40)26-14-17-34(18-15-26)21-25-19-28(33(3)31(38)42-32-2)20-29(25)24-8-6-5-7-9-24/h4-13,25-26,28-29,32H,1,14-22H2,2-3H3. The third-order valence-corrected chi connectivity index (χ3v) is 9.15. The molecular formula is C31H41N5O5S. The lowest BCUT2D eigenvalue weighted by molar-refractivity contribution is -0.384. The summed E-state index contributed by atoms with van der Waals surface area (Å²) in [6.45, 7) is 6.99. The number of piperidine rings is 1. The number of rotatable bonds is 11. The Balaban J connectivity index is 1.33. The van der Waals surface area contributed by atoms with Crippen LogP contribution in [-0.2, 0) is 11.3 Å².